The van der Waals surface area contributed by atoms with E-state index in [1.54, 1.807) is 6.26 Å². The zero-order valence-electron chi connectivity index (χ0n) is 15.9. The molecule has 4 heterocycles. The third kappa shape index (κ3) is 2.68. The minimum atomic E-state index is 0. The highest BCUT2D eigenvalue weighted by molar-refractivity contribution is 5.93. The van der Waals surface area contributed by atoms with E-state index in [9.17, 15) is 0 Å². The number of hydrogen-bond donors (Lipinski definition) is 0. The molecule has 0 aromatic carbocycles. The van der Waals surface area contributed by atoms with Gasteiger partial charge in [0, 0.05) is 30.2 Å². The van der Waals surface area contributed by atoms with Crippen molar-refractivity contribution in [2.24, 2.45) is 11.8 Å². The first-order valence-corrected chi connectivity index (χ1v) is 10.3. The summed E-state index contributed by atoms with van der Waals surface area (Å²) in [5.41, 5.74) is 5.78. The topological polar surface area (TPSA) is 31.0 Å². The number of aryl methyl sites for hydroxylation is 1. The van der Waals surface area contributed by atoms with Crippen molar-refractivity contribution < 1.29 is 4.42 Å². The van der Waals surface area contributed by atoms with Crippen molar-refractivity contribution in [2.45, 2.75) is 44.6 Å². The first-order chi connectivity index (χ1) is 13.4. The predicted octanol–water partition coefficient (Wildman–Crippen LogP) is 6.15. The molecular weight excluding hydrogens is 368 g/mol. The third-order valence-electron chi connectivity index (χ3n) is 6.84. The van der Waals surface area contributed by atoms with E-state index in [1.807, 2.05) is 12.3 Å². The lowest BCUT2D eigenvalue weighted by Gasteiger charge is -2.36. The van der Waals surface area contributed by atoms with E-state index >= 15 is 0 Å². The molecule has 1 saturated carbocycles. The molecule has 1 aliphatic heterocycles. The number of furan rings is 1. The maximum absolute atomic E-state index is 5.62. The van der Waals surface area contributed by atoms with Gasteiger partial charge in [-0.05, 0) is 73.3 Å². The molecule has 3 unspecified atom stereocenters. The minimum Gasteiger partial charge on any atom is -0.469 e. The molecule has 0 saturated heterocycles. The van der Waals surface area contributed by atoms with E-state index in [-0.39, 0.29) is 12.4 Å². The number of halogens is 1. The molecule has 3 nitrogen and oxygen atoms in total. The second-order valence-corrected chi connectivity index (χ2v) is 8.34. The van der Waals surface area contributed by atoms with Gasteiger partial charge in [0.25, 0.3) is 0 Å². The number of pyridine rings is 1. The number of hydrogen-bond acceptors (Lipinski definition) is 2. The van der Waals surface area contributed by atoms with Crippen LogP contribution < -0.4 is 0 Å². The van der Waals surface area contributed by atoms with Crippen LogP contribution in [0.5, 0.6) is 0 Å². The second kappa shape index (κ2) is 6.97. The van der Waals surface area contributed by atoms with E-state index in [2.05, 4.69) is 46.1 Å². The average Bonchev–Trinajstić information content (AvgIpc) is 3.28. The predicted molar refractivity (Wildman–Crippen MR) is 115 cm³/mol. The monoisotopic (exact) mass is 392 g/mol. The average molecular weight is 393 g/mol. The third-order valence-corrected chi connectivity index (χ3v) is 6.84. The van der Waals surface area contributed by atoms with Gasteiger partial charge in [0.2, 0.25) is 0 Å². The van der Waals surface area contributed by atoms with Crippen LogP contribution in [-0.2, 0) is 12.8 Å². The van der Waals surface area contributed by atoms with Crippen LogP contribution in [0, 0.1) is 11.8 Å². The molecule has 0 bridgehead atoms. The Morgan fingerprint density at radius 3 is 3.07 bits per heavy atom. The Morgan fingerprint density at radius 1 is 1.21 bits per heavy atom. The van der Waals surface area contributed by atoms with Gasteiger partial charge in [0.05, 0.1) is 17.5 Å². The normalized spacial score (nSPS) is 25.4. The summed E-state index contributed by atoms with van der Waals surface area (Å²) in [6.07, 6.45) is 20.3. The van der Waals surface area contributed by atoms with Crippen molar-refractivity contribution in [1.82, 2.24) is 9.55 Å². The Morgan fingerprint density at radius 2 is 2.18 bits per heavy atom. The van der Waals surface area contributed by atoms with Gasteiger partial charge in [0.15, 0.2) is 0 Å². The van der Waals surface area contributed by atoms with Crippen LogP contribution in [0.15, 0.2) is 59.5 Å². The van der Waals surface area contributed by atoms with Gasteiger partial charge in [-0.15, -0.1) is 12.4 Å². The fraction of sp³-hybridized carbons (Fsp3) is 0.375. The second-order valence-electron chi connectivity index (χ2n) is 8.34. The van der Waals surface area contributed by atoms with Gasteiger partial charge in [-0.25, -0.2) is 0 Å². The highest BCUT2D eigenvalue weighted by Gasteiger charge is 2.36. The Bertz CT molecular complexity index is 1060. The molecule has 0 amide bonds. The molecule has 3 atom stereocenters. The van der Waals surface area contributed by atoms with Gasteiger partial charge < -0.3 is 8.98 Å². The molecule has 3 aromatic heterocycles. The van der Waals surface area contributed by atoms with E-state index in [1.165, 1.54) is 47.0 Å². The highest BCUT2D eigenvalue weighted by Crippen LogP contribution is 2.47. The molecule has 4 heteroatoms. The van der Waals surface area contributed by atoms with E-state index in [0.29, 0.717) is 17.9 Å². The first kappa shape index (κ1) is 17.8. The lowest BCUT2D eigenvalue weighted by Crippen LogP contribution is -2.27. The lowest BCUT2D eigenvalue weighted by molar-refractivity contribution is 0.215. The maximum Gasteiger partial charge on any atom is 0.104 e. The van der Waals surface area contributed by atoms with E-state index < -0.39 is 0 Å². The number of allylic oxidation sites excluding steroid dienone is 4. The summed E-state index contributed by atoms with van der Waals surface area (Å²) in [6, 6.07) is 6.91. The Balaban J connectivity index is 0.00000171. The number of rotatable bonds is 2. The molecule has 28 heavy (non-hydrogen) atoms. The zero-order chi connectivity index (χ0) is 17.8. The van der Waals surface area contributed by atoms with Gasteiger partial charge in [-0.2, -0.15) is 0 Å². The maximum atomic E-state index is 5.62. The van der Waals surface area contributed by atoms with Gasteiger partial charge in [-0.1, -0.05) is 18.2 Å². The quantitative estimate of drug-likeness (QED) is 0.523. The fourth-order valence-corrected chi connectivity index (χ4v) is 5.68. The first-order valence-electron chi connectivity index (χ1n) is 10.3. The van der Waals surface area contributed by atoms with Crippen LogP contribution in [0.4, 0.5) is 0 Å². The SMILES string of the molecule is C1=CC2CC(Cc3ccco3)CCC2n2c3c(c4cnccc42)CCC=C13.Cl. The highest BCUT2D eigenvalue weighted by atomic mass is 35.5. The van der Waals surface area contributed by atoms with Crippen molar-refractivity contribution in [3.63, 3.8) is 0 Å². The summed E-state index contributed by atoms with van der Waals surface area (Å²) in [5, 5.41) is 1.37. The molecule has 0 radical (unpaired) electrons. The summed E-state index contributed by atoms with van der Waals surface area (Å²) < 4.78 is 8.29. The minimum absolute atomic E-state index is 0. The summed E-state index contributed by atoms with van der Waals surface area (Å²) >= 11 is 0. The molecule has 3 aliphatic rings. The molecule has 0 N–H and O–H groups in total. The Kier molecular flexibility index (Phi) is 4.43. The van der Waals surface area contributed by atoms with Crippen LogP contribution in [0.1, 0.15) is 48.7 Å². The molecule has 1 fully saturated rings. The number of fused-ring (bicyclic) bond motifs is 5. The van der Waals surface area contributed by atoms with Gasteiger partial charge in [0.1, 0.15) is 5.76 Å². The molecular formula is C24H25ClN2O. The van der Waals surface area contributed by atoms with E-state index in [0.717, 1.165) is 25.0 Å². The van der Waals surface area contributed by atoms with Gasteiger partial charge in [-0.3, -0.25) is 4.98 Å². The van der Waals surface area contributed by atoms with Crippen molar-refractivity contribution >= 4 is 28.9 Å². The van der Waals surface area contributed by atoms with Crippen molar-refractivity contribution in [2.75, 3.05) is 0 Å². The molecule has 144 valence electrons. The largest absolute Gasteiger partial charge is 0.469 e. The Hall–Kier alpha value is -2.26. The Labute approximate surface area is 171 Å². The number of aromatic nitrogens is 2. The lowest BCUT2D eigenvalue weighted by atomic mass is 9.76. The molecule has 0 spiro atoms. The standard InChI is InChI=1S/C24H24N2O.ClH/c1-3-17-7-8-18-13-16(14-19-4-2-12-27-19)6-9-22(18)26-23-10-11-25-15-21(23)20(5-1)24(17)26;/h2-4,7-8,10-12,15-16,18,22H,1,5-6,9,13-14H2;1H. The van der Waals surface area contributed by atoms with Crippen LogP contribution in [0.2, 0.25) is 0 Å². The number of nitrogens with zero attached hydrogens (tertiary/aromatic N) is 2. The van der Waals surface area contributed by atoms with Crippen molar-refractivity contribution in [1.29, 1.82) is 0 Å². The molecule has 3 aromatic rings. The van der Waals surface area contributed by atoms with Crippen LogP contribution >= 0.6 is 12.4 Å². The smallest absolute Gasteiger partial charge is 0.104 e. The fourth-order valence-electron chi connectivity index (χ4n) is 5.68. The van der Waals surface area contributed by atoms with Crippen molar-refractivity contribution in [3.05, 3.63) is 72.1 Å². The molecule has 2 aliphatic carbocycles. The van der Waals surface area contributed by atoms with Crippen LogP contribution in [0.25, 0.3) is 16.5 Å². The van der Waals surface area contributed by atoms with E-state index in [4.69, 9.17) is 4.42 Å². The summed E-state index contributed by atoms with van der Waals surface area (Å²) in [7, 11) is 0. The summed E-state index contributed by atoms with van der Waals surface area (Å²) in [4.78, 5) is 4.43. The summed E-state index contributed by atoms with van der Waals surface area (Å²) in [6.45, 7) is 0. The van der Waals surface area contributed by atoms with Crippen LogP contribution in [0.3, 0.4) is 0 Å². The van der Waals surface area contributed by atoms with Crippen molar-refractivity contribution in [3.8, 4) is 0 Å². The zero-order valence-corrected chi connectivity index (χ0v) is 16.7. The van der Waals surface area contributed by atoms with Crippen LogP contribution in [-0.4, -0.2) is 9.55 Å². The summed E-state index contributed by atoms with van der Waals surface area (Å²) in [5.74, 6) is 2.44. The van der Waals surface area contributed by atoms with Gasteiger partial charge >= 0.3 is 0 Å². The molecule has 6 rings (SSSR count).